The number of esters is 1. The van der Waals surface area contributed by atoms with Crippen LogP contribution in [0.5, 0.6) is 0 Å². The molecule has 0 amide bonds. The van der Waals surface area contributed by atoms with E-state index in [-0.39, 0.29) is 12.0 Å². The first-order valence-corrected chi connectivity index (χ1v) is 5.27. The van der Waals surface area contributed by atoms with Crippen molar-refractivity contribution in [3.8, 4) is 0 Å². The summed E-state index contributed by atoms with van der Waals surface area (Å²) in [5, 5.41) is 9.39. The normalized spacial score (nSPS) is 26.8. The van der Waals surface area contributed by atoms with Crippen molar-refractivity contribution in [2.24, 2.45) is 0 Å². The van der Waals surface area contributed by atoms with Crippen molar-refractivity contribution in [1.29, 1.82) is 0 Å². The number of methoxy groups -OCH3 is 1. The predicted molar refractivity (Wildman–Crippen MR) is 56.1 cm³/mol. The molecular weight excluding hydrogens is 249 g/mol. The van der Waals surface area contributed by atoms with E-state index in [1.165, 1.54) is 31.4 Å². The molecule has 1 aromatic rings. The highest BCUT2D eigenvalue weighted by atomic mass is 19.4. The fraction of sp³-hybridized carbons (Fsp3) is 0.417. The van der Waals surface area contributed by atoms with Gasteiger partial charge in [0, 0.05) is 5.92 Å². The molecule has 1 aliphatic carbocycles. The molecule has 3 nitrogen and oxygen atoms in total. The van der Waals surface area contributed by atoms with E-state index < -0.39 is 23.7 Å². The summed E-state index contributed by atoms with van der Waals surface area (Å²) >= 11 is 0. The SMILES string of the molecule is COC(=O)c1ccc([C@@H]2C[C@]2(O)C(F)(F)F)cc1. The lowest BCUT2D eigenvalue weighted by molar-refractivity contribution is -0.220. The molecule has 18 heavy (non-hydrogen) atoms. The topological polar surface area (TPSA) is 46.5 Å². The molecular formula is C12H11F3O3. The summed E-state index contributed by atoms with van der Waals surface area (Å²) in [7, 11) is 1.22. The zero-order chi connectivity index (χ0) is 13.6. The Morgan fingerprint density at radius 2 is 1.94 bits per heavy atom. The zero-order valence-electron chi connectivity index (χ0n) is 9.49. The zero-order valence-corrected chi connectivity index (χ0v) is 9.49. The highest BCUT2D eigenvalue weighted by molar-refractivity contribution is 5.89. The molecule has 0 aliphatic heterocycles. The highest BCUT2D eigenvalue weighted by Gasteiger charge is 2.70. The van der Waals surface area contributed by atoms with Crippen LogP contribution in [-0.4, -0.2) is 30.0 Å². The van der Waals surface area contributed by atoms with Crippen LogP contribution in [0.4, 0.5) is 13.2 Å². The van der Waals surface area contributed by atoms with Gasteiger partial charge in [0.2, 0.25) is 0 Å². The standard InChI is InChI=1S/C12H11F3O3/c1-18-10(16)8-4-2-7(3-5-8)9-6-11(9,17)12(13,14)15/h2-5,9,17H,6H2,1H3/t9-,11+/m0/s1. The number of benzene rings is 1. The summed E-state index contributed by atoms with van der Waals surface area (Å²) in [5.41, 5.74) is -2.00. The first kappa shape index (κ1) is 12.9. The van der Waals surface area contributed by atoms with Gasteiger partial charge in [0.05, 0.1) is 12.7 Å². The maximum Gasteiger partial charge on any atom is 0.417 e. The Morgan fingerprint density at radius 3 is 2.33 bits per heavy atom. The minimum absolute atomic E-state index is 0.262. The molecule has 2 atom stereocenters. The lowest BCUT2D eigenvalue weighted by Crippen LogP contribution is -2.32. The number of ether oxygens (including phenoxy) is 1. The van der Waals surface area contributed by atoms with E-state index in [4.69, 9.17) is 0 Å². The number of hydrogen-bond acceptors (Lipinski definition) is 3. The minimum Gasteiger partial charge on any atom is -0.465 e. The number of halogens is 3. The van der Waals surface area contributed by atoms with E-state index in [1.54, 1.807) is 0 Å². The number of carbonyl (C=O) groups is 1. The average Bonchev–Trinajstić information content (AvgIpc) is 3.02. The number of rotatable bonds is 2. The lowest BCUT2D eigenvalue weighted by Gasteiger charge is -2.14. The second-order valence-electron chi connectivity index (χ2n) is 4.29. The second kappa shape index (κ2) is 3.98. The maximum absolute atomic E-state index is 12.5. The Balaban J connectivity index is 2.16. The molecule has 0 radical (unpaired) electrons. The van der Waals surface area contributed by atoms with Crippen molar-refractivity contribution in [2.45, 2.75) is 24.1 Å². The van der Waals surface area contributed by atoms with E-state index in [0.29, 0.717) is 5.56 Å². The molecule has 0 heterocycles. The number of alkyl halides is 3. The molecule has 2 rings (SSSR count). The van der Waals surface area contributed by atoms with E-state index >= 15 is 0 Å². The fourth-order valence-electron chi connectivity index (χ4n) is 1.93. The van der Waals surface area contributed by atoms with Gasteiger partial charge in [-0.3, -0.25) is 0 Å². The maximum atomic E-state index is 12.5. The van der Waals surface area contributed by atoms with Gasteiger partial charge < -0.3 is 9.84 Å². The van der Waals surface area contributed by atoms with Gasteiger partial charge in [-0.25, -0.2) is 4.79 Å². The molecule has 1 aromatic carbocycles. The number of carbonyl (C=O) groups excluding carboxylic acids is 1. The van der Waals surface area contributed by atoms with Crippen LogP contribution in [0.15, 0.2) is 24.3 Å². The summed E-state index contributed by atoms with van der Waals surface area (Å²) in [6.45, 7) is 0. The average molecular weight is 260 g/mol. The van der Waals surface area contributed by atoms with Crippen molar-refractivity contribution in [3.63, 3.8) is 0 Å². The third kappa shape index (κ3) is 1.96. The Hall–Kier alpha value is -1.56. The van der Waals surface area contributed by atoms with Crippen LogP contribution in [0.3, 0.4) is 0 Å². The highest BCUT2D eigenvalue weighted by Crippen LogP contribution is 2.59. The quantitative estimate of drug-likeness (QED) is 0.829. The predicted octanol–water partition coefficient (Wildman–Crippen LogP) is 2.25. The Kier molecular flexibility index (Phi) is 2.85. The van der Waals surface area contributed by atoms with E-state index in [2.05, 4.69) is 4.74 Å². The van der Waals surface area contributed by atoms with E-state index in [9.17, 15) is 23.1 Å². The molecule has 0 bridgehead atoms. The van der Waals surface area contributed by atoms with Crippen molar-refractivity contribution >= 4 is 5.97 Å². The van der Waals surface area contributed by atoms with Crippen molar-refractivity contribution in [3.05, 3.63) is 35.4 Å². The molecule has 0 unspecified atom stereocenters. The third-order valence-corrected chi connectivity index (χ3v) is 3.16. The van der Waals surface area contributed by atoms with Gasteiger partial charge in [0.15, 0.2) is 5.60 Å². The van der Waals surface area contributed by atoms with Gasteiger partial charge in [-0.2, -0.15) is 13.2 Å². The summed E-state index contributed by atoms with van der Waals surface area (Å²) in [6, 6.07) is 5.58. The fourth-order valence-corrected chi connectivity index (χ4v) is 1.93. The first-order valence-electron chi connectivity index (χ1n) is 5.27. The van der Waals surface area contributed by atoms with Gasteiger partial charge in [0.25, 0.3) is 0 Å². The Bertz CT molecular complexity index is 466. The summed E-state index contributed by atoms with van der Waals surface area (Å²) in [4.78, 5) is 11.1. The van der Waals surface area contributed by atoms with Crippen LogP contribution in [-0.2, 0) is 4.74 Å². The van der Waals surface area contributed by atoms with Crippen LogP contribution in [0, 0.1) is 0 Å². The monoisotopic (exact) mass is 260 g/mol. The third-order valence-electron chi connectivity index (χ3n) is 3.16. The van der Waals surface area contributed by atoms with Crippen molar-refractivity contribution < 1.29 is 27.8 Å². The molecule has 1 aliphatic rings. The lowest BCUT2D eigenvalue weighted by atomic mass is 10.1. The molecule has 0 saturated heterocycles. The van der Waals surface area contributed by atoms with Crippen molar-refractivity contribution in [1.82, 2.24) is 0 Å². The molecule has 6 heteroatoms. The van der Waals surface area contributed by atoms with Gasteiger partial charge in [-0.15, -0.1) is 0 Å². The summed E-state index contributed by atoms with van der Waals surface area (Å²) < 4.78 is 42.0. The molecule has 98 valence electrons. The van der Waals surface area contributed by atoms with Crippen LogP contribution in [0.1, 0.15) is 28.3 Å². The molecule has 1 N–H and O–H groups in total. The Labute approximate surface area is 101 Å². The van der Waals surface area contributed by atoms with Gasteiger partial charge in [-0.1, -0.05) is 12.1 Å². The van der Waals surface area contributed by atoms with Crippen LogP contribution in [0.25, 0.3) is 0 Å². The first-order chi connectivity index (χ1) is 8.29. The van der Waals surface area contributed by atoms with Gasteiger partial charge >= 0.3 is 12.1 Å². The van der Waals surface area contributed by atoms with E-state index in [1.807, 2.05) is 0 Å². The van der Waals surface area contributed by atoms with Crippen LogP contribution < -0.4 is 0 Å². The summed E-state index contributed by atoms with van der Waals surface area (Å²) in [5.74, 6) is -1.51. The summed E-state index contributed by atoms with van der Waals surface area (Å²) in [6.07, 6.45) is -4.97. The molecule has 1 saturated carbocycles. The van der Waals surface area contributed by atoms with Crippen LogP contribution in [0.2, 0.25) is 0 Å². The minimum atomic E-state index is -4.63. The van der Waals surface area contributed by atoms with Crippen LogP contribution >= 0.6 is 0 Å². The molecule has 1 fully saturated rings. The largest absolute Gasteiger partial charge is 0.465 e. The Morgan fingerprint density at radius 1 is 1.39 bits per heavy atom. The van der Waals surface area contributed by atoms with E-state index in [0.717, 1.165) is 0 Å². The van der Waals surface area contributed by atoms with Gasteiger partial charge in [0.1, 0.15) is 0 Å². The molecule has 0 spiro atoms. The second-order valence-corrected chi connectivity index (χ2v) is 4.29. The number of hydrogen-bond donors (Lipinski definition) is 1. The van der Waals surface area contributed by atoms with Crippen molar-refractivity contribution in [2.75, 3.05) is 7.11 Å². The smallest absolute Gasteiger partial charge is 0.417 e. The van der Waals surface area contributed by atoms with Gasteiger partial charge in [-0.05, 0) is 24.1 Å². The number of aliphatic hydroxyl groups is 1. The molecule has 0 aromatic heterocycles.